The fourth-order valence-corrected chi connectivity index (χ4v) is 3.07. The third-order valence-electron chi connectivity index (χ3n) is 3.10. The number of nitrogens with zero attached hydrogens (tertiary/aromatic N) is 2. The largest absolute Gasteiger partial charge is 0.285 e. The number of imidazole rings is 1. The number of thiophene rings is 1. The maximum atomic E-state index is 12.4. The highest BCUT2D eigenvalue weighted by Crippen LogP contribution is 2.28. The molecule has 2 aromatic heterocycles. The number of ketones is 1. The van der Waals surface area contributed by atoms with Gasteiger partial charge in [0.1, 0.15) is 0 Å². The summed E-state index contributed by atoms with van der Waals surface area (Å²) < 4.78 is 1.41. The monoisotopic (exact) mass is 254 g/mol. The van der Waals surface area contributed by atoms with E-state index in [2.05, 4.69) is 4.98 Å². The number of hydrogen-bond acceptors (Lipinski definition) is 4. The molecule has 0 saturated heterocycles. The van der Waals surface area contributed by atoms with Crippen LogP contribution in [0.3, 0.4) is 0 Å². The summed E-state index contributed by atoms with van der Waals surface area (Å²) in [7, 11) is 0. The third-order valence-corrected chi connectivity index (χ3v) is 3.85. The number of benzene rings is 1. The first-order chi connectivity index (χ1) is 8.77. The van der Waals surface area contributed by atoms with Crippen LogP contribution in [0.1, 0.15) is 26.5 Å². The molecule has 0 unspecified atom stereocenters. The van der Waals surface area contributed by atoms with Gasteiger partial charge in [-0.15, -0.1) is 0 Å². The summed E-state index contributed by atoms with van der Waals surface area (Å²) >= 11 is 1.36. The molecule has 0 fully saturated rings. The van der Waals surface area contributed by atoms with Crippen LogP contribution < -0.4 is 0 Å². The Morgan fingerprint density at radius 2 is 1.83 bits per heavy atom. The number of aromatic nitrogens is 2. The molecule has 1 aliphatic rings. The van der Waals surface area contributed by atoms with E-state index in [0.29, 0.717) is 22.2 Å². The first-order valence-corrected chi connectivity index (χ1v) is 6.35. The van der Waals surface area contributed by atoms with E-state index in [0.717, 1.165) is 0 Å². The van der Waals surface area contributed by atoms with Crippen LogP contribution in [0.4, 0.5) is 0 Å². The normalized spacial score (nSPS) is 13.8. The van der Waals surface area contributed by atoms with E-state index in [1.165, 1.54) is 15.9 Å². The van der Waals surface area contributed by atoms with E-state index < -0.39 is 0 Å². The Morgan fingerprint density at radius 3 is 2.72 bits per heavy atom. The number of hydrogen-bond donors (Lipinski definition) is 0. The van der Waals surface area contributed by atoms with Crippen LogP contribution in [-0.2, 0) is 0 Å². The van der Waals surface area contributed by atoms with Crippen molar-refractivity contribution >= 4 is 34.1 Å². The standard InChI is InChI=1S/C13H6N2O2S/c16-11-7-5-18-6-8(7)13(17)15-10-4-2-1-3-9(10)14-12(11)15/h1-6H. The van der Waals surface area contributed by atoms with Gasteiger partial charge in [0.25, 0.3) is 5.91 Å². The van der Waals surface area contributed by atoms with Crippen molar-refractivity contribution in [2.45, 2.75) is 0 Å². The maximum absolute atomic E-state index is 12.4. The Kier molecular flexibility index (Phi) is 1.70. The molecular weight excluding hydrogens is 248 g/mol. The Morgan fingerprint density at radius 1 is 1.06 bits per heavy atom. The molecule has 1 aromatic carbocycles. The van der Waals surface area contributed by atoms with Crippen LogP contribution in [0.25, 0.3) is 11.0 Å². The molecule has 0 saturated carbocycles. The van der Waals surface area contributed by atoms with E-state index in [9.17, 15) is 9.59 Å². The zero-order valence-corrected chi connectivity index (χ0v) is 9.90. The van der Waals surface area contributed by atoms with Gasteiger partial charge in [0.15, 0.2) is 5.82 Å². The summed E-state index contributed by atoms with van der Waals surface area (Å²) in [6.07, 6.45) is 0. The van der Waals surface area contributed by atoms with Gasteiger partial charge in [0.2, 0.25) is 5.78 Å². The SMILES string of the molecule is O=C1c2cscc2C(=O)n2c1nc1ccccc12. The summed E-state index contributed by atoms with van der Waals surface area (Å²) in [5.41, 5.74) is 2.29. The Labute approximate surface area is 105 Å². The van der Waals surface area contributed by atoms with E-state index in [1.54, 1.807) is 22.9 Å². The van der Waals surface area contributed by atoms with Crippen molar-refractivity contribution in [1.29, 1.82) is 0 Å². The van der Waals surface area contributed by atoms with E-state index in [1.807, 2.05) is 12.1 Å². The second-order valence-corrected chi connectivity index (χ2v) is 4.84. The van der Waals surface area contributed by atoms with Gasteiger partial charge >= 0.3 is 0 Å². The summed E-state index contributed by atoms with van der Waals surface area (Å²) in [5, 5.41) is 3.42. The minimum Gasteiger partial charge on any atom is -0.285 e. The van der Waals surface area contributed by atoms with Gasteiger partial charge in [-0.05, 0) is 12.1 Å². The third kappa shape index (κ3) is 1.02. The first kappa shape index (κ1) is 9.73. The molecule has 0 spiro atoms. The minimum absolute atomic E-state index is 0.172. The van der Waals surface area contributed by atoms with Gasteiger partial charge < -0.3 is 0 Å². The fourth-order valence-electron chi connectivity index (χ4n) is 2.26. The summed E-state index contributed by atoms with van der Waals surface area (Å²) in [6.45, 7) is 0. The van der Waals surface area contributed by atoms with Crippen molar-refractivity contribution in [3.63, 3.8) is 0 Å². The molecule has 0 amide bonds. The molecule has 0 aliphatic carbocycles. The molecule has 0 radical (unpaired) electrons. The van der Waals surface area contributed by atoms with Crippen LogP contribution in [0.2, 0.25) is 0 Å². The minimum atomic E-state index is -0.179. The molecule has 1 aliphatic heterocycles. The Bertz CT molecular complexity index is 829. The predicted octanol–water partition coefficient (Wildman–Crippen LogP) is 2.33. The zero-order valence-electron chi connectivity index (χ0n) is 9.08. The molecule has 0 bridgehead atoms. The van der Waals surface area contributed by atoms with Crippen molar-refractivity contribution in [2.24, 2.45) is 0 Å². The van der Waals surface area contributed by atoms with Gasteiger partial charge in [-0.3, -0.25) is 14.2 Å². The predicted molar refractivity (Wildman–Crippen MR) is 67.2 cm³/mol. The number of fused-ring (bicyclic) bond motifs is 4. The van der Waals surface area contributed by atoms with Crippen LogP contribution >= 0.6 is 11.3 Å². The van der Waals surface area contributed by atoms with Crippen molar-refractivity contribution in [3.8, 4) is 0 Å². The first-order valence-electron chi connectivity index (χ1n) is 5.40. The highest BCUT2D eigenvalue weighted by atomic mass is 32.1. The molecule has 3 aromatic rings. The highest BCUT2D eigenvalue weighted by Gasteiger charge is 2.33. The van der Waals surface area contributed by atoms with E-state index >= 15 is 0 Å². The average molecular weight is 254 g/mol. The average Bonchev–Trinajstić information content (AvgIpc) is 3.00. The van der Waals surface area contributed by atoms with E-state index in [4.69, 9.17) is 0 Å². The smallest absolute Gasteiger partial charge is 0.265 e. The van der Waals surface area contributed by atoms with Gasteiger partial charge in [0, 0.05) is 16.3 Å². The highest BCUT2D eigenvalue weighted by molar-refractivity contribution is 7.08. The number of carbonyl (C=O) groups excluding carboxylic acids is 2. The van der Waals surface area contributed by atoms with Crippen LogP contribution in [0.15, 0.2) is 35.0 Å². The lowest BCUT2D eigenvalue weighted by molar-refractivity contribution is 0.0912. The van der Waals surface area contributed by atoms with E-state index in [-0.39, 0.29) is 17.5 Å². The van der Waals surface area contributed by atoms with Crippen molar-refractivity contribution < 1.29 is 9.59 Å². The van der Waals surface area contributed by atoms with Crippen LogP contribution in [0.5, 0.6) is 0 Å². The zero-order chi connectivity index (χ0) is 12.3. The lowest BCUT2D eigenvalue weighted by Gasteiger charge is -2.12. The van der Waals surface area contributed by atoms with Crippen molar-refractivity contribution in [1.82, 2.24) is 9.55 Å². The Balaban J connectivity index is 2.15. The Hall–Kier alpha value is -2.27. The molecule has 18 heavy (non-hydrogen) atoms. The van der Waals surface area contributed by atoms with Crippen LogP contribution in [0, 0.1) is 0 Å². The molecule has 3 heterocycles. The quantitative estimate of drug-likeness (QED) is 0.484. The molecular formula is C13H6N2O2S. The molecule has 4 rings (SSSR count). The lowest BCUT2D eigenvalue weighted by Crippen LogP contribution is -2.26. The second-order valence-electron chi connectivity index (χ2n) is 4.09. The van der Waals surface area contributed by atoms with Gasteiger partial charge in [-0.2, -0.15) is 11.3 Å². The van der Waals surface area contributed by atoms with Crippen molar-refractivity contribution in [2.75, 3.05) is 0 Å². The second kappa shape index (κ2) is 3.14. The summed E-state index contributed by atoms with van der Waals surface area (Å²) in [6, 6.07) is 7.27. The number of para-hydroxylation sites is 2. The molecule has 4 nitrogen and oxygen atoms in total. The lowest BCUT2D eigenvalue weighted by atomic mass is 10.0. The summed E-state index contributed by atoms with van der Waals surface area (Å²) in [5.74, 6) is -0.135. The summed E-state index contributed by atoms with van der Waals surface area (Å²) in [4.78, 5) is 28.9. The van der Waals surface area contributed by atoms with Gasteiger partial charge in [-0.25, -0.2) is 4.98 Å². The molecule has 5 heteroatoms. The molecule has 86 valence electrons. The topological polar surface area (TPSA) is 52.0 Å². The number of rotatable bonds is 0. The number of carbonyl (C=O) groups is 2. The van der Waals surface area contributed by atoms with Crippen LogP contribution in [-0.4, -0.2) is 21.2 Å². The fraction of sp³-hybridized carbons (Fsp3) is 0. The molecule has 0 N–H and O–H groups in total. The van der Waals surface area contributed by atoms with Gasteiger partial charge in [0.05, 0.1) is 16.6 Å². The molecule has 0 atom stereocenters. The van der Waals surface area contributed by atoms with Gasteiger partial charge in [-0.1, -0.05) is 12.1 Å². The van der Waals surface area contributed by atoms with Crippen molar-refractivity contribution in [3.05, 3.63) is 52.0 Å². The maximum Gasteiger partial charge on any atom is 0.265 e.